The summed E-state index contributed by atoms with van der Waals surface area (Å²) in [5.41, 5.74) is 5.44. The first-order valence-corrected chi connectivity index (χ1v) is 6.35. The van der Waals surface area contributed by atoms with Crippen LogP contribution in [-0.4, -0.2) is 36.6 Å². The van der Waals surface area contributed by atoms with E-state index in [0.717, 1.165) is 11.0 Å². The van der Waals surface area contributed by atoms with Gasteiger partial charge < -0.3 is 11.1 Å². The Bertz CT molecular complexity index is 491. The summed E-state index contributed by atoms with van der Waals surface area (Å²) in [7, 11) is 0. The van der Waals surface area contributed by atoms with Gasteiger partial charge in [0.1, 0.15) is 5.82 Å². The van der Waals surface area contributed by atoms with E-state index in [4.69, 9.17) is 5.73 Å². The van der Waals surface area contributed by atoms with E-state index in [1.54, 1.807) is 6.92 Å². The molecule has 0 unspecified atom stereocenters. The average Bonchev–Trinajstić information content (AvgIpc) is 2.32. The minimum absolute atomic E-state index is 0.145. The Hall–Kier alpha value is -1.83. The normalized spacial score (nSPS) is 11.7. The Kier molecular flexibility index (Phi) is 5.95. The van der Waals surface area contributed by atoms with Crippen molar-refractivity contribution in [3.05, 3.63) is 24.0 Å². The predicted octanol–water partition coefficient (Wildman–Crippen LogP) is 2.62. The monoisotopic (exact) mass is 307 g/mol. The van der Waals surface area contributed by atoms with Crippen LogP contribution in [0.3, 0.4) is 0 Å². The van der Waals surface area contributed by atoms with Gasteiger partial charge in [0, 0.05) is 5.69 Å². The van der Waals surface area contributed by atoms with Crippen molar-refractivity contribution in [3.63, 3.8) is 0 Å². The van der Waals surface area contributed by atoms with E-state index >= 15 is 0 Å². The second kappa shape index (κ2) is 7.26. The Morgan fingerprint density at radius 2 is 2.05 bits per heavy atom. The van der Waals surface area contributed by atoms with Crippen molar-refractivity contribution >= 4 is 17.3 Å². The van der Waals surface area contributed by atoms with Gasteiger partial charge in [-0.3, -0.25) is 9.69 Å². The van der Waals surface area contributed by atoms with Gasteiger partial charge in [0.05, 0.1) is 18.8 Å². The van der Waals surface area contributed by atoms with Crippen LogP contribution in [0.25, 0.3) is 0 Å². The molecular weight excluding hydrogens is 290 g/mol. The fourth-order valence-corrected chi connectivity index (χ4v) is 1.81. The fraction of sp³-hybridized carbons (Fsp3) is 0.462. The van der Waals surface area contributed by atoms with E-state index in [0.29, 0.717) is 6.42 Å². The number of rotatable bonds is 6. The molecule has 1 aromatic rings. The van der Waals surface area contributed by atoms with Crippen LogP contribution < -0.4 is 11.1 Å². The van der Waals surface area contributed by atoms with Gasteiger partial charge in [-0.2, -0.15) is 13.2 Å². The quantitative estimate of drug-likeness (QED) is 0.627. The van der Waals surface area contributed by atoms with Crippen molar-refractivity contribution in [2.75, 3.05) is 30.7 Å². The molecule has 0 bridgehead atoms. The van der Waals surface area contributed by atoms with Crippen molar-refractivity contribution in [1.29, 1.82) is 0 Å². The largest absolute Gasteiger partial charge is 0.401 e. The average molecular weight is 307 g/mol. The first kappa shape index (κ1) is 17.2. The van der Waals surface area contributed by atoms with Gasteiger partial charge in [0.2, 0.25) is 5.91 Å². The molecule has 0 heterocycles. The first-order valence-electron chi connectivity index (χ1n) is 6.35. The molecule has 4 nitrogen and oxygen atoms in total. The molecule has 0 spiro atoms. The molecule has 21 heavy (non-hydrogen) atoms. The SMILES string of the molecule is CCCN(CC(=O)Nc1ccc(F)c(N)c1)CC(F)(F)F. The van der Waals surface area contributed by atoms with Crippen LogP contribution in [0.5, 0.6) is 0 Å². The smallest absolute Gasteiger partial charge is 0.396 e. The summed E-state index contributed by atoms with van der Waals surface area (Å²) >= 11 is 0. The van der Waals surface area contributed by atoms with Crippen molar-refractivity contribution in [2.24, 2.45) is 0 Å². The van der Waals surface area contributed by atoms with E-state index < -0.39 is 31.0 Å². The second-order valence-corrected chi connectivity index (χ2v) is 4.61. The van der Waals surface area contributed by atoms with Crippen molar-refractivity contribution in [2.45, 2.75) is 19.5 Å². The zero-order chi connectivity index (χ0) is 16.0. The highest BCUT2D eigenvalue weighted by molar-refractivity contribution is 5.92. The maximum atomic E-state index is 13.0. The number of hydrogen-bond acceptors (Lipinski definition) is 3. The molecule has 1 aromatic carbocycles. The number of carbonyl (C=O) groups excluding carboxylic acids is 1. The molecule has 3 N–H and O–H groups in total. The molecule has 1 amide bonds. The van der Waals surface area contributed by atoms with Gasteiger partial charge >= 0.3 is 6.18 Å². The summed E-state index contributed by atoms with van der Waals surface area (Å²) < 4.78 is 50.1. The van der Waals surface area contributed by atoms with E-state index in [1.165, 1.54) is 12.1 Å². The van der Waals surface area contributed by atoms with Gasteiger partial charge in [-0.25, -0.2) is 4.39 Å². The van der Waals surface area contributed by atoms with Crippen LogP contribution in [0.1, 0.15) is 13.3 Å². The number of hydrogen-bond donors (Lipinski definition) is 2. The summed E-state index contributed by atoms with van der Waals surface area (Å²) in [5.74, 6) is -1.24. The molecule has 0 atom stereocenters. The lowest BCUT2D eigenvalue weighted by Gasteiger charge is -2.22. The number of nitrogen functional groups attached to an aromatic ring is 1. The Labute approximate surface area is 119 Å². The lowest BCUT2D eigenvalue weighted by atomic mass is 10.2. The fourth-order valence-electron chi connectivity index (χ4n) is 1.81. The number of nitrogens with one attached hydrogen (secondary N) is 1. The number of nitrogens with zero attached hydrogens (tertiary/aromatic N) is 1. The molecule has 0 fully saturated rings. The predicted molar refractivity (Wildman–Crippen MR) is 72.2 cm³/mol. The molecule has 1 rings (SSSR count). The lowest BCUT2D eigenvalue weighted by Crippen LogP contribution is -2.40. The molecule has 0 aliphatic rings. The number of carbonyl (C=O) groups is 1. The van der Waals surface area contributed by atoms with E-state index in [2.05, 4.69) is 5.32 Å². The van der Waals surface area contributed by atoms with Crippen molar-refractivity contribution in [3.8, 4) is 0 Å². The van der Waals surface area contributed by atoms with Crippen LogP contribution in [-0.2, 0) is 4.79 Å². The molecule has 0 aromatic heterocycles. The van der Waals surface area contributed by atoms with Crippen molar-refractivity contribution < 1.29 is 22.4 Å². The number of benzene rings is 1. The maximum absolute atomic E-state index is 13.0. The number of halogens is 4. The molecule has 0 saturated heterocycles. The zero-order valence-electron chi connectivity index (χ0n) is 11.5. The summed E-state index contributed by atoms with van der Waals surface area (Å²) in [5, 5.41) is 2.39. The van der Waals surface area contributed by atoms with Crippen LogP contribution in [0, 0.1) is 5.82 Å². The zero-order valence-corrected chi connectivity index (χ0v) is 11.5. The van der Waals surface area contributed by atoms with Gasteiger partial charge in [0.25, 0.3) is 0 Å². The number of nitrogens with two attached hydrogens (primary N) is 1. The highest BCUT2D eigenvalue weighted by Crippen LogP contribution is 2.18. The summed E-state index contributed by atoms with van der Waals surface area (Å²) in [6.45, 7) is 0.324. The summed E-state index contributed by atoms with van der Waals surface area (Å²) in [4.78, 5) is 12.7. The molecule has 0 aliphatic carbocycles. The summed E-state index contributed by atoms with van der Waals surface area (Å²) in [6, 6.07) is 3.57. The van der Waals surface area contributed by atoms with Crippen LogP contribution >= 0.6 is 0 Å². The number of alkyl halides is 3. The van der Waals surface area contributed by atoms with E-state index in [9.17, 15) is 22.4 Å². The number of anilines is 2. The van der Waals surface area contributed by atoms with Gasteiger partial charge in [-0.15, -0.1) is 0 Å². The highest BCUT2D eigenvalue weighted by atomic mass is 19.4. The van der Waals surface area contributed by atoms with E-state index in [1.807, 2.05) is 0 Å². The third-order valence-corrected chi connectivity index (χ3v) is 2.59. The minimum atomic E-state index is -4.37. The molecule has 0 saturated carbocycles. The molecule has 118 valence electrons. The Morgan fingerprint density at radius 3 is 2.57 bits per heavy atom. The van der Waals surface area contributed by atoms with Crippen molar-refractivity contribution in [1.82, 2.24) is 4.90 Å². The third kappa shape index (κ3) is 6.44. The van der Waals surface area contributed by atoms with Gasteiger partial charge in [-0.05, 0) is 31.2 Å². The maximum Gasteiger partial charge on any atom is 0.401 e. The van der Waals surface area contributed by atoms with Crippen LogP contribution in [0.15, 0.2) is 18.2 Å². The molecule has 8 heteroatoms. The number of amides is 1. The van der Waals surface area contributed by atoms with Crippen LogP contribution in [0.2, 0.25) is 0 Å². The second-order valence-electron chi connectivity index (χ2n) is 4.61. The lowest BCUT2D eigenvalue weighted by molar-refractivity contribution is -0.147. The van der Waals surface area contributed by atoms with Gasteiger partial charge in [-0.1, -0.05) is 6.92 Å². The standard InChI is InChI=1S/C13H17F4N3O/c1-2-5-20(8-13(15,16)17)7-12(21)19-9-3-4-10(14)11(18)6-9/h3-4,6H,2,5,7-8,18H2,1H3,(H,19,21). The topological polar surface area (TPSA) is 58.4 Å². The molecule has 0 aliphatic heterocycles. The molecule has 0 radical (unpaired) electrons. The van der Waals surface area contributed by atoms with Crippen LogP contribution in [0.4, 0.5) is 28.9 Å². The van der Waals surface area contributed by atoms with E-state index in [-0.39, 0.29) is 17.9 Å². The Balaban J connectivity index is 2.62. The van der Waals surface area contributed by atoms with Gasteiger partial charge in [0.15, 0.2) is 0 Å². The third-order valence-electron chi connectivity index (χ3n) is 2.59. The highest BCUT2D eigenvalue weighted by Gasteiger charge is 2.31. The minimum Gasteiger partial charge on any atom is -0.396 e. The Morgan fingerprint density at radius 1 is 1.38 bits per heavy atom. The molecular formula is C13H17F4N3O. The first-order chi connectivity index (χ1) is 9.71. The summed E-state index contributed by atoms with van der Waals surface area (Å²) in [6.07, 6.45) is -3.87.